The molecule has 0 amide bonds. The van der Waals surface area contributed by atoms with E-state index in [0.717, 1.165) is 47.2 Å². The average molecular weight is 347 g/mol. The molecule has 2 aromatic carbocycles. The fraction of sp³-hybridized carbons (Fsp3) is 0.333. The fourth-order valence-corrected chi connectivity index (χ4v) is 3.31. The zero-order valence-corrected chi connectivity index (χ0v) is 13.7. The van der Waals surface area contributed by atoms with E-state index in [4.69, 9.17) is 4.74 Å². The van der Waals surface area contributed by atoms with E-state index in [2.05, 4.69) is 28.1 Å². The van der Waals surface area contributed by atoms with Gasteiger partial charge in [-0.25, -0.2) is 0 Å². The Kier molecular flexibility index (Phi) is 4.32. The summed E-state index contributed by atoms with van der Waals surface area (Å²) in [4.78, 5) is 0. The van der Waals surface area contributed by atoms with Gasteiger partial charge >= 0.3 is 0 Å². The standard InChI is InChI=1S/C18H19BrO2/c1-12-3-2-4-15(18(12)19)16(20)7-5-13-6-8-17-14(11-13)9-10-21-17/h2-4,6,8,11,16,20H,5,7,9-10H2,1H3. The van der Waals surface area contributed by atoms with Crippen molar-refractivity contribution in [2.45, 2.75) is 32.3 Å². The number of hydrogen-bond donors (Lipinski definition) is 1. The average Bonchev–Trinajstić information content (AvgIpc) is 2.95. The second kappa shape index (κ2) is 6.20. The summed E-state index contributed by atoms with van der Waals surface area (Å²) >= 11 is 3.57. The molecule has 1 unspecified atom stereocenters. The minimum atomic E-state index is -0.441. The molecule has 0 aliphatic carbocycles. The second-order valence-electron chi connectivity index (χ2n) is 5.57. The topological polar surface area (TPSA) is 29.5 Å². The molecule has 110 valence electrons. The molecular formula is C18H19BrO2. The Hall–Kier alpha value is -1.32. The van der Waals surface area contributed by atoms with Crippen molar-refractivity contribution in [2.75, 3.05) is 6.61 Å². The second-order valence-corrected chi connectivity index (χ2v) is 6.37. The lowest BCUT2D eigenvalue weighted by molar-refractivity contribution is 0.167. The SMILES string of the molecule is Cc1cccc(C(O)CCc2ccc3c(c2)CCO3)c1Br. The summed E-state index contributed by atoms with van der Waals surface area (Å²) in [5, 5.41) is 10.4. The van der Waals surface area contributed by atoms with Crippen LogP contribution in [0.5, 0.6) is 5.75 Å². The molecule has 0 saturated heterocycles. The third-order valence-electron chi connectivity index (χ3n) is 4.04. The monoisotopic (exact) mass is 346 g/mol. The van der Waals surface area contributed by atoms with E-state index in [-0.39, 0.29) is 0 Å². The van der Waals surface area contributed by atoms with Crippen molar-refractivity contribution in [3.8, 4) is 5.75 Å². The quantitative estimate of drug-likeness (QED) is 0.891. The highest BCUT2D eigenvalue weighted by Crippen LogP contribution is 2.30. The lowest BCUT2D eigenvalue weighted by Crippen LogP contribution is -2.01. The van der Waals surface area contributed by atoms with Gasteiger partial charge in [-0.05, 0) is 48.1 Å². The molecule has 1 atom stereocenters. The van der Waals surface area contributed by atoms with Gasteiger partial charge in [0.1, 0.15) is 5.75 Å². The highest BCUT2D eigenvalue weighted by molar-refractivity contribution is 9.10. The summed E-state index contributed by atoms with van der Waals surface area (Å²) in [6, 6.07) is 12.4. The summed E-state index contributed by atoms with van der Waals surface area (Å²) in [5.41, 5.74) is 4.68. The minimum Gasteiger partial charge on any atom is -0.493 e. The van der Waals surface area contributed by atoms with Gasteiger partial charge in [0.25, 0.3) is 0 Å². The number of aryl methyl sites for hydroxylation is 2. The lowest BCUT2D eigenvalue weighted by atomic mass is 9.99. The van der Waals surface area contributed by atoms with Gasteiger partial charge in [-0.15, -0.1) is 0 Å². The minimum absolute atomic E-state index is 0.441. The Balaban J connectivity index is 1.68. The first-order valence-corrected chi connectivity index (χ1v) is 8.12. The van der Waals surface area contributed by atoms with Crippen molar-refractivity contribution in [3.63, 3.8) is 0 Å². The van der Waals surface area contributed by atoms with Crippen molar-refractivity contribution in [1.29, 1.82) is 0 Å². The number of rotatable bonds is 4. The predicted molar refractivity (Wildman–Crippen MR) is 87.8 cm³/mol. The highest BCUT2D eigenvalue weighted by atomic mass is 79.9. The third kappa shape index (κ3) is 3.14. The van der Waals surface area contributed by atoms with E-state index in [1.807, 2.05) is 31.2 Å². The largest absolute Gasteiger partial charge is 0.493 e. The molecular weight excluding hydrogens is 328 g/mol. The number of benzene rings is 2. The number of hydrogen-bond acceptors (Lipinski definition) is 2. The van der Waals surface area contributed by atoms with E-state index in [0.29, 0.717) is 0 Å². The summed E-state index contributed by atoms with van der Waals surface area (Å²) < 4.78 is 6.54. The number of ether oxygens (including phenoxy) is 1. The summed E-state index contributed by atoms with van der Waals surface area (Å²) in [7, 11) is 0. The highest BCUT2D eigenvalue weighted by Gasteiger charge is 2.15. The summed E-state index contributed by atoms with van der Waals surface area (Å²) in [5.74, 6) is 1.01. The Labute approximate surface area is 133 Å². The number of halogens is 1. The van der Waals surface area contributed by atoms with Crippen LogP contribution in [0.15, 0.2) is 40.9 Å². The number of fused-ring (bicyclic) bond motifs is 1. The molecule has 3 heteroatoms. The number of aliphatic hydroxyl groups excluding tert-OH is 1. The van der Waals surface area contributed by atoms with Gasteiger partial charge in [0.2, 0.25) is 0 Å². The van der Waals surface area contributed by atoms with Crippen LogP contribution in [0.4, 0.5) is 0 Å². The van der Waals surface area contributed by atoms with Crippen LogP contribution in [0, 0.1) is 6.92 Å². The van der Waals surface area contributed by atoms with Gasteiger partial charge in [0.15, 0.2) is 0 Å². The maximum absolute atomic E-state index is 10.4. The van der Waals surface area contributed by atoms with Crippen molar-refractivity contribution in [3.05, 3.63) is 63.1 Å². The van der Waals surface area contributed by atoms with Gasteiger partial charge in [-0.3, -0.25) is 0 Å². The van der Waals surface area contributed by atoms with Crippen LogP contribution >= 0.6 is 15.9 Å². The van der Waals surface area contributed by atoms with Crippen molar-refractivity contribution < 1.29 is 9.84 Å². The maximum Gasteiger partial charge on any atom is 0.122 e. The van der Waals surface area contributed by atoms with E-state index < -0.39 is 6.10 Å². The molecule has 0 saturated carbocycles. The van der Waals surface area contributed by atoms with E-state index in [1.54, 1.807) is 0 Å². The molecule has 0 fully saturated rings. The van der Waals surface area contributed by atoms with Crippen molar-refractivity contribution in [1.82, 2.24) is 0 Å². The lowest BCUT2D eigenvalue weighted by Gasteiger charge is -2.14. The summed E-state index contributed by atoms with van der Waals surface area (Å²) in [6.45, 7) is 2.83. The first-order valence-electron chi connectivity index (χ1n) is 7.33. The Morgan fingerprint density at radius 3 is 3.00 bits per heavy atom. The van der Waals surface area contributed by atoms with Crippen molar-refractivity contribution in [2.24, 2.45) is 0 Å². The molecule has 2 aromatic rings. The van der Waals surface area contributed by atoms with Crippen LogP contribution in [0.1, 0.15) is 34.8 Å². The fourth-order valence-electron chi connectivity index (χ4n) is 2.78. The van der Waals surface area contributed by atoms with Crippen LogP contribution in [-0.4, -0.2) is 11.7 Å². The first kappa shape index (κ1) is 14.6. The Morgan fingerprint density at radius 1 is 1.29 bits per heavy atom. The van der Waals surface area contributed by atoms with Gasteiger partial charge in [-0.1, -0.05) is 46.3 Å². The van der Waals surface area contributed by atoms with Gasteiger partial charge < -0.3 is 9.84 Å². The molecule has 0 spiro atoms. The molecule has 1 aliphatic rings. The smallest absolute Gasteiger partial charge is 0.122 e. The predicted octanol–water partition coefficient (Wildman–Crippen LogP) is 4.36. The van der Waals surface area contributed by atoms with E-state index in [9.17, 15) is 5.11 Å². The first-order chi connectivity index (χ1) is 10.1. The molecule has 0 aromatic heterocycles. The van der Waals surface area contributed by atoms with E-state index >= 15 is 0 Å². The third-order valence-corrected chi connectivity index (χ3v) is 5.12. The van der Waals surface area contributed by atoms with Crippen LogP contribution in [0.3, 0.4) is 0 Å². The normalized spacial score (nSPS) is 14.6. The maximum atomic E-state index is 10.4. The Morgan fingerprint density at radius 2 is 2.14 bits per heavy atom. The number of aliphatic hydroxyl groups is 1. The van der Waals surface area contributed by atoms with Crippen LogP contribution in [0.25, 0.3) is 0 Å². The molecule has 21 heavy (non-hydrogen) atoms. The van der Waals surface area contributed by atoms with Gasteiger partial charge in [-0.2, -0.15) is 0 Å². The summed E-state index contributed by atoms with van der Waals surface area (Å²) in [6.07, 6.45) is 2.15. The molecule has 0 radical (unpaired) electrons. The van der Waals surface area contributed by atoms with Gasteiger partial charge in [0.05, 0.1) is 12.7 Å². The van der Waals surface area contributed by atoms with E-state index in [1.165, 1.54) is 11.1 Å². The zero-order valence-electron chi connectivity index (χ0n) is 12.1. The molecule has 3 rings (SSSR count). The van der Waals surface area contributed by atoms with Gasteiger partial charge in [0, 0.05) is 10.9 Å². The Bertz CT molecular complexity index is 652. The zero-order chi connectivity index (χ0) is 14.8. The molecule has 1 heterocycles. The van der Waals surface area contributed by atoms with Crippen LogP contribution < -0.4 is 4.74 Å². The molecule has 2 nitrogen and oxygen atoms in total. The molecule has 1 N–H and O–H groups in total. The molecule has 1 aliphatic heterocycles. The van der Waals surface area contributed by atoms with Crippen molar-refractivity contribution >= 4 is 15.9 Å². The molecule has 0 bridgehead atoms. The van der Waals surface area contributed by atoms with Crippen LogP contribution in [-0.2, 0) is 12.8 Å². The van der Waals surface area contributed by atoms with Crippen LogP contribution in [0.2, 0.25) is 0 Å².